The molecule has 0 aromatic carbocycles. The molecular formula is C20H30ClN3O2. The Morgan fingerprint density at radius 2 is 2.00 bits per heavy atom. The molecule has 3 heterocycles. The van der Waals surface area contributed by atoms with Crippen LogP contribution in [0.25, 0.3) is 0 Å². The maximum atomic E-state index is 12.6. The number of fused-ring (bicyclic) bond motifs is 1. The minimum absolute atomic E-state index is 0.221. The first kappa shape index (κ1) is 19.4. The first-order chi connectivity index (χ1) is 12.3. The summed E-state index contributed by atoms with van der Waals surface area (Å²) in [5.74, 6) is 1.18. The molecule has 0 radical (unpaired) electrons. The summed E-state index contributed by atoms with van der Waals surface area (Å²) in [7, 11) is 0. The molecule has 26 heavy (non-hydrogen) atoms. The number of amides is 1. The zero-order valence-corrected chi connectivity index (χ0v) is 16.8. The smallest absolute Gasteiger partial charge is 0.225 e. The zero-order chi connectivity index (χ0) is 18.7. The number of nitrogens with zero attached hydrogens (tertiary/aromatic N) is 3. The third kappa shape index (κ3) is 4.68. The highest BCUT2D eigenvalue weighted by Crippen LogP contribution is 2.34. The van der Waals surface area contributed by atoms with Gasteiger partial charge in [-0.15, -0.1) is 0 Å². The van der Waals surface area contributed by atoms with E-state index in [1.165, 1.54) is 0 Å². The van der Waals surface area contributed by atoms with E-state index in [1.807, 2.05) is 12.1 Å². The molecule has 1 amide bonds. The molecule has 1 aromatic heterocycles. The quantitative estimate of drug-likeness (QED) is 0.706. The second-order valence-electron chi connectivity index (χ2n) is 8.50. The van der Waals surface area contributed by atoms with E-state index in [0.29, 0.717) is 30.1 Å². The monoisotopic (exact) mass is 379 g/mol. The number of anilines is 1. The van der Waals surface area contributed by atoms with Crippen LogP contribution in [0.15, 0.2) is 18.3 Å². The first-order valence-corrected chi connectivity index (χ1v) is 9.98. The SMILES string of the molecule is CC(C)(C)CCOCCC(=O)N1CC[C@@H]2[C@H]1CCN2c1ccc(Cl)cn1. The van der Waals surface area contributed by atoms with Crippen molar-refractivity contribution in [2.45, 2.75) is 58.5 Å². The molecule has 0 spiro atoms. The van der Waals surface area contributed by atoms with Gasteiger partial charge >= 0.3 is 0 Å². The normalized spacial score (nSPS) is 22.8. The average molecular weight is 380 g/mol. The van der Waals surface area contributed by atoms with Crippen molar-refractivity contribution in [1.82, 2.24) is 9.88 Å². The maximum Gasteiger partial charge on any atom is 0.225 e. The number of hydrogen-bond acceptors (Lipinski definition) is 4. The second-order valence-corrected chi connectivity index (χ2v) is 8.94. The van der Waals surface area contributed by atoms with Crippen molar-refractivity contribution in [2.75, 3.05) is 31.2 Å². The Balaban J connectivity index is 1.48. The number of rotatable bonds is 6. The fourth-order valence-electron chi connectivity index (χ4n) is 3.90. The molecule has 0 N–H and O–H groups in total. The van der Waals surface area contributed by atoms with Crippen LogP contribution in [0.3, 0.4) is 0 Å². The highest BCUT2D eigenvalue weighted by atomic mass is 35.5. The van der Waals surface area contributed by atoms with Crippen LogP contribution >= 0.6 is 11.6 Å². The minimum atomic E-state index is 0.221. The minimum Gasteiger partial charge on any atom is -0.381 e. The highest BCUT2D eigenvalue weighted by molar-refractivity contribution is 6.30. The summed E-state index contributed by atoms with van der Waals surface area (Å²) in [6.45, 7) is 9.62. The summed E-state index contributed by atoms with van der Waals surface area (Å²) in [5, 5.41) is 0.652. The van der Waals surface area contributed by atoms with Crippen LogP contribution in [0.4, 0.5) is 5.82 Å². The number of likely N-dealkylation sites (tertiary alicyclic amines) is 1. The Kier molecular flexibility index (Phi) is 6.08. The van der Waals surface area contributed by atoms with Crippen LogP contribution in [0.2, 0.25) is 5.02 Å². The van der Waals surface area contributed by atoms with Crippen LogP contribution in [0.5, 0.6) is 0 Å². The van der Waals surface area contributed by atoms with Crippen molar-refractivity contribution in [3.63, 3.8) is 0 Å². The lowest BCUT2D eigenvalue weighted by atomic mass is 9.93. The molecule has 0 saturated carbocycles. The summed E-state index contributed by atoms with van der Waals surface area (Å²) in [6, 6.07) is 4.52. The van der Waals surface area contributed by atoms with E-state index in [2.05, 4.69) is 35.6 Å². The molecule has 5 nitrogen and oxygen atoms in total. The van der Waals surface area contributed by atoms with Crippen molar-refractivity contribution < 1.29 is 9.53 Å². The molecule has 0 unspecified atom stereocenters. The molecular weight excluding hydrogens is 350 g/mol. The van der Waals surface area contributed by atoms with Gasteiger partial charge < -0.3 is 14.5 Å². The number of pyridine rings is 1. The van der Waals surface area contributed by atoms with Gasteiger partial charge in [0.1, 0.15) is 5.82 Å². The molecule has 3 rings (SSSR count). The molecule has 0 aliphatic carbocycles. The fraction of sp³-hybridized carbons (Fsp3) is 0.700. The average Bonchev–Trinajstić information content (AvgIpc) is 3.16. The van der Waals surface area contributed by atoms with Crippen molar-refractivity contribution in [2.24, 2.45) is 5.41 Å². The Labute approximate surface area is 161 Å². The topological polar surface area (TPSA) is 45.7 Å². The summed E-state index contributed by atoms with van der Waals surface area (Å²) >= 11 is 5.94. The van der Waals surface area contributed by atoms with Crippen molar-refractivity contribution in [3.8, 4) is 0 Å². The lowest BCUT2D eigenvalue weighted by Crippen LogP contribution is -2.40. The van der Waals surface area contributed by atoms with Gasteiger partial charge in [0.05, 0.1) is 30.1 Å². The predicted molar refractivity (Wildman–Crippen MR) is 105 cm³/mol. The summed E-state index contributed by atoms with van der Waals surface area (Å²) < 4.78 is 5.67. The van der Waals surface area contributed by atoms with Crippen LogP contribution in [-0.4, -0.2) is 54.2 Å². The molecule has 2 aliphatic rings. The molecule has 2 saturated heterocycles. The fourth-order valence-corrected chi connectivity index (χ4v) is 4.01. The van der Waals surface area contributed by atoms with Gasteiger partial charge in [-0.3, -0.25) is 4.79 Å². The van der Waals surface area contributed by atoms with E-state index in [9.17, 15) is 4.79 Å². The van der Waals surface area contributed by atoms with Gasteiger partial charge in [0, 0.05) is 25.9 Å². The predicted octanol–water partition coefficient (Wildman–Crippen LogP) is 3.76. The van der Waals surface area contributed by atoms with Gasteiger partial charge in [-0.05, 0) is 36.8 Å². The van der Waals surface area contributed by atoms with Crippen LogP contribution in [-0.2, 0) is 9.53 Å². The molecule has 144 valence electrons. The third-order valence-electron chi connectivity index (χ3n) is 5.36. The van der Waals surface area contributed by atoms with Gasteiger partial charge in [-0.1, -0.05) is 32.4 Å². The van der Waals surface area contributed by atoms with Crippen molar-refractivity contribution in [1.29, 1.82) is 0 Å². The highest BCUT2D eigenvalue weighted by Gasteiger charge is 2.44. The molecule has 0 bridgehead atoms. The summed E-state index contributed by atoms with van der Waals surface area (Å²) in [6.07, 6.45) is 5.19. The van der Waals surface area contributed by atoms with Crippen LogP contribution in [0, 0.1) is 5.41 Å². The number of carbonyl (C=O) groups excluding carboxylic acids is 1. The zero-order valence-electron chi connectivity index (χ0n) is 16.1. The van der Waals surface area contributed by atoms with Gasteiger partial charge in [0.25, 0.3) is 0 Å². The number of carbonyl (C=O) groups is 1. The summed E-state index contributed by atoms with van der Waals surface area (Å²) in [5.41, 5.74) is 0.273. The van der Waals surface area contributed by atoms with E-state index in [1.54, 1.807) is 6.20 Å². The maximum absolute atomic E-state index is 12.6. The third-order valence-corrected chi connectivity index (χ3v) is 5.58. The number of ether oxygens (including phenoxy) is 1. The van der Waals surface area contributed by atoms with Crippen LogP contribution in [0.1, 0.15) is 46.5 Å². The molecule has 2 fully saturated rings. The van der Waals surface area contributed by atoms with Gasteiger partial charge in [0.2, 0.25) is 5.91 Å². The lowest BCUT2D eigenvalue weighted by Gasteiger charge is -2.26. The van der Waals surface area contributed by atoms with Gasteiger partial charge in [0.15, 0.2) is 0 Å². The van der Waals surface area contributed by atoms with Gasteiger partial charge in [-0.2, -0.15) is 0 Å². The number of aromatic nitrogens is 1. The molecule has 6 heteroatoms. The first-order valence-electron chi connectivity index (χ1n) is 9.60. The van der Waals surface area contributed by atoms with Crippen LogP contribution < -0.4 is 4.90 Å². The van der Waals surface area contributed by atoms with E-state index >= 15 is 0 Å². The summed E-state index contributed by atoms with van der Waals surface area (Å²) in [4.78, 5) is 21.5. The molecule has 1 aromatic rings. The van der Waals surface area contributed by atoms with E-state index < -0.39 is 0 Å². The van der Waals surface area contributed by atoms with Crippen molar-refractivity contribution >= 4 is 23.3 Å². The molecule has 2 aliphatic heterocycles. The Morgan fingerprint density at radius 3 is 2.69 bits per heavy atom. The van der Waals surface area contributed by atoms with E-state index in [4.69, 9.17) is 16.3 Å². The Morgan fingerprint density at radius 1 is 1.23 bits per heavy atom. The van der Waals surface area contributed by atoms with E-state index in [0.717, 1.165) is 44.8 Å². The number of halogens is 1. The standard InChI is InChI=1S/C20H30ClN3O2/c1-20(2,3)9-13-26-12-8-19(25)24-11-7-16-17(24)6-10-23(16)18-5-4-15(21)14-22-18/h4-5,14,16-17H,6-13H2,1-3H3/t16-,17-/m1/s1. The second kappa shape index (κ2) is 8.13. The van der Waals surface area contributed by atoms with E-state index in [-0.39, 0.29) is 11.3 Å². The lowest BCUT2D eigenvalue weighted by molar-refractivity contribution is -0.133. The molecule has 2 atom stereocenters. The van der Waals surface area contributed by atoms with Crippen molar-refractivity contribution in [3.05, 3.63) is 23.4 Å². The Bertz CT molecular complexity index is 614. The largest absolute Gasteiger partial charge is 0.381 e. The Hall–Kier alpha value is -1.33. The number of hydrogen-bond donors (Lipinski definition) is 0. The van der Waals surface area contributed by atoms with Gasteiger partial charge in [-0.25, -0.2) is 4.98 Å².